The minimum Gasteiger partial charge on any atom is -0.225 e. The topological polar surface area (TPSA) is 128 Å². The number of nitrogens with two attached hydrogens (primary N) is 1. The number of tetrazole rings is 1. The molecule has 0 fully saturated rings. The molecule has 1 heterocycles. The molecule has 1 aromatic heterocycles. The van der Waals surface area contributed by atoms with Crippen LogP contribution >= 0.6 is 11.8 Å². The first kappa shape index (κ1) is 14.4. The van der Waals surface area contributed by atoms with Crippen LogP contribution in [-0.4, -0.2) is 34.4 Å². The maximum atomic E-state index is 11.2. The summed E-state index contributed by atoms with van der Waals surface area (Å²) in [5.74, 6) is 0.576. The highest BCUT2D eigenvalue weighted by molar-refractivity contribution is 7.99. The summed E-state index contributed by atoms with van der Waals surface area (Å²) in [7, 11) is -3.72. The SMILES string of the molecule is N#CCCSc1nnnn1-c1ccc(S(N)(=O)=O)cc1. The van der Waals surface area contributed by atoms with E-state index in [9.17, 15) is 8.42 Å². The normalized spacial score (nSPS) is 11.2. The first-order valence-corrected chi connectivity index (χ1v) is 7.97. The quantitative estimate of drug-likeness (QED) is 0.622. The van der Waals surface area contributed by atoms with Crippen LogP contribution in [-0.2, 0) is 10.0 Å². The first-order valence-electron chi connectivity index (χ1n) is 5.44. The van der Waals surface area contributed by atoms with Gasteiger partial charge in [0.15, 0.2) is 0 Å². The first-order chi connectivity index (χ1) is 9.52. The number of aromatic nitrogens is 4. The Hall–Kier alpha value is -1.96. The zero-order valence-corrected chi connectivity index (χ0v) is 11.8. The van der Waals surface area contributed by atoms with E-state index in [1.807, 2.05) is 6.07 Å². The van der Waals surface area contributed by atoms with Gasteiger partial charge in [-0.1, -0.05) is 11.8 Å². The number of primary sulfonamides is 1. The molecule has 8 nitrogen and oxygen atoms in total. The van der Waals surface area contributed by atoms with Crippen LogP contribution < -0.4 is 5.14 Å². The standard InChI is InChI=1S/C10H10N6O2S2/c11-6-1-7-19-10-13-14-15-16(10)8-2-4-9(5-3-8)20(12,17)18/h2-5H,1,7H2,(H2,12,17,18). The Morgan fingerprint density at radius 1 is 1.35 bits per heavy atom. The minimum absolute atomic E-state index is 0.0213. The molecule has 0 aliphatic carbocycles. The highest BCUT2D eigenvalue weighted by Crippen LogP contribution is 2.19. The summed E-state index contributed by atoms with van der Waals surface area (Å²) in [6.45, 7) is 0. The molecule has 1 aromatic carbocycles. The van der Waals surface area contributed by atoms with Crippen molar-refractivity contribution in [2.24, 2.45) is 5.14 Å². The number of hydrogen-bond donors (Lipinski definition) is 1. The van der Waals surface area contributed by atoms with Crippen LogP contribution in [0.5, 0.6) is 0 Å². The van der Waals surface area contributed by atoms with E-state index in [2.05, 4.69) is 15.5 Å². The summed E-state index contributed by atoms with van der Waals surface area (Å²) in [4.78, 5) is 0.0213. The van der Waals surface area contributed by atoms with Crippen molar-refractivity contribution in [3.05, 3.63) is 24.3 Å². The maximum Gasteiger partial charge on any atom is 0.238 e. The van der Waals surface area contributed by atoms with Crippen molar-refractivity contribution in [1.29, 1.82) is 5.26 Å². The Labute approximate surface area is 119 Å². The van der Waals surface area contributed by atoms with Crippen LogP contribution in [0.2, 0.25) is 0 Å². The van der Waals surface area contributed by atoms with E-state index in [-0.39, 0.29) is 4.90 Å². The van der Waals surface area contributed by atoms with Crippen LogP contribution in [0.4, 0.5) is 0 Å². The van der Waals surface area contributed by atoms with Gasteiger partial charge in [0, 0.05) is 12.2 Å². The van der Waals surface area contributed by atoms with Gasteiger partial charge < -0.3 is 0 Å². The molecular weight excluding hydrogens is 300 g/mol. The van der Waals surface area contributed by atoms with Gasteiger partial charge in [0.1, 0.15) is 0 Å². The summed E-state index contributed by atoms with van der Waals surface area (Å²) in [6, 6.07) is 7.92. The van der Waals surface area contributed by atoms with Crippen molar-refractivity contribution in [1.82, 2.24) is 20.2 Å². The van der Waals surface area contributed by atoms with Gasteiger partial charge in [0.05, 0.1) is 16.7 Å². The summed E-state index contributed by atoms with van der Waals surface area (Å²) in [5.41, 5.74) is 0.613. The molecule has 0 aliphatic heterocycles. The lowest BCUT2D eigenvalue weighted by atomic mass is 10.3. The molecule has 0 amide bonds. The van der Waals surface area contributed by atoms with Crippen molar-refractivity contribution in [2.75, 3.05) is 5.75 Å². The van der Waals surface area contributed by atoms with Gasteiger partial charge in [0.2, 0.25) is 15.2 Å². The predicted molar refractivity (Wildman–Crippen MR) is 71.5 cm³/mol. The van der Waals surface area contributed by atoms with E-state index in [4.69, 9.17) is 10.4 Å². The van der Waals surface area contributed by atoms with Crippen LogP contribution in [0, 0.1) is 11.3 Å². The Balaban J connectivity index is 2.25. The lowest BCUT2D eigenvalue weighted by Gasteiger charge is -2.04. The third-order valence-corrected chi connectivity index (χ3v) is 4.15. The Kier molecular flexibility index (Phi) is 4.33. The maximum absolute atomic E-state index is 11.2. The fourth-order valence-corrected chi connectivity index (χ4v) is 2.65. The average Bonchev–Trinajstić information content (AvgIpc) is 2.87. The second kappa shape index (κ2) is 6.00. The number of nitriles is 1. The lowest BCUT2D eigenvalue weighted by molar-refractivity contribution is 0.597. The van der Waals surface area contributed by atoms with Gasteiger partial charge in [0.25, 0.3) is 0 Å². The summed E-state index contributed by atoms with van der Waals surface area (Å²) in [5, 5.41) is 25.3. The molecule has 2 rings (SSSR count). The van der Waals surface area contributed by atoms with E-state index in [1.165, 1.54) is 28.6 Å². The van der Waals surface area contributed by atoms with Gasteiger partial charge in [-0.2, -0.15) is 9.94 Å². The van der Waals surface area contributed by atoms with E-state index in [1.54, 1.807) is 12.1 Å². The molecule has 20 heavy (non-hydrogen) atoms. The number of benzene rings is 1. The van der Waals surface area contributed by atoms with E-state index in [0.717, 1.165) is 0 Å². The smallest absolute Gasteiger partial charge is 0.225 e. The fraction of sp³-hybridized carbons (Fsp3) is 0.200. The molecular formula is C10H10N6O2S2. The van der Waals surface area contributed by atoms with Gasteiger partial charge >= 0.3 is 0 Å². The molecule has 2 aromatic rings. The molecule has 0 unspecified atom stereocenters. The van der Waals surface area contributed by atoms with Crippen LogP contribution in [0.1, 0.15) is 6.42 Å². The number of thioether (sulfide) groups is 1. The molecule has 0 radical (unpaired) electrons. The second-order valence-corrected chi connectivity index (χ2v) is 6.29. The molecule has 10 heteroatoms. The lowest BCUT2D eigenvalue weighted by Crippen LogP contribution is -2.12. The van der Waals surface area contributed by atoms with Crippen LogP contribution in [0.3, 0.4) is 0 Å². The van der Waals surface area contributed by atoms with Crippen molar-refractivity contribution < 1.29 is 8.42 Å². The van der Waals surface area contributed by atoms with Crippen LogP contribution in [0.15, 0.2) is 34.3 Å². The third kappa shape index (κ3) is 3.32. The van der Waals surface area contributed by atoms with Crippen molar-refractivity contribution in [3.8, 4) is 11.8 Å². The van der Waals surface area contributed by atoms with Gasteiger partial charge in [-0.25, -0.2) is 13.6 Å². The predicted octanol–water partition coefficient (Wildman–Crippen LogP) is 0.315. The molecule has 0 saturated carbocycles. The molecule has 0 bridgehead atoms. The van der Waals surface area contributed by atoms with Gasteiger partial charge in [-0.15, -0.1) is 5.10 Å². The fourth-order valence-electron chi connectivity index (χ4n) is 1.40. The Morgan fingerprint density at radius 2 is 2.05 bits per heavy atom. The zero-order chi connectivity index (χ0) is 14.6. The van der Waals surface area contributed by atoms with Crippen molar-refractivity contribution in [2.45, 2.75) is 16.5 Å². The molecule has 2 N–H and O–H groups in total. The molecule has 0 aliphatic rings. The minimum atomic E-state index is -3.72. The van der Waals surface area contributed by atoms with E-state index >= 15 is 0 Å². The highest BCUT2D eigenvalue weighted by atomic mass is 32.2. The number of hydrogen-bond acceptors (Lipinski definition) is 7. The summed E-state index contributed by atoms with van der Waals surface area (Å²) < 4.78 is 23.8. The molecule has 0 spiro atoms. The van der Waals surface area contributed by atoms with Crippen LogP contribution in [0.25, 0.3) is 5.69 Å². The Morgan fingerprint density at radius 3 is 2.65 bits per heavy atom. The largest absolute Gasteiger partial charge is 0.238 e. The molecule has 0 saturated heterocycles. The number of rotatable bonds is 5. The highest BCUT2D eigenvalue weighted by Gasteiger charge is 2.11. The van der Waals surface area contributed by atoms with Crippen molar-refractivity contribution >= 4 is 21.8 Å². The zero-order valence-electron chi connectivity index (χ0n) is 10.2. The third-order valence-electron chi connectivity index (χ3n) is 2.30. The molecule has 104 valence electrons. The second-order valence-electron chi connectivity index (χ2n) is 3.67. The van der Waals surface area contributed by atoms with Gasteiger partial charge in [-0.3, -0.25) is 0 Å². The average molecular weight is 310 g/mol. The Bertz CT molecular complexity index is 732. The monoisotopic (exact) mass is 310 g/mol. The summed E-state index contributed by atoms with van der Waals surface area (Å²) in [6.07, 6.45) is 0.391. The van der Waals surface area contributed by atoms with E-state index < -0.39 is 10.0 Å². The van der Waals surface area contributed by atoms with Gasteiger partial charge in [-0.05, 0) is 34.7 Å². The van der Waals surface area contributed by atoms with E-state index in [0.29, 0.717) is 23.0 Å². The van der Waals surface area contributed by atoms with Crippen molar-refractivity contribution in [3.63, 3.8) is 0 Å². The number of nitrogens with zero attached hydrogens (tertiary/aromatic N) is 5. The summed E-state index contributed by atoms with van der Waals surface area (Å²) >= 11 is 1.34. The molecule has 0 atom stereocenters. The number of sulfonamides is 1.